The highest BCUT2D eigenvalue weighted by Crippen LogP contribution is 2.22. The molecule has 0 aliphatic rings. The summed E-state index contributed by atoms with van der Waals surface area (Å²) < 4.78 is 0.999. The monoisotopic (exact) mass is 398 g/mol. The number of nitro benzene ring substituents is 1. The molecule has 0 radical (unpaired) electrons. The number of carbonyl (C=O) groups excluding carboxylic acids is 1. The fourth-order valence-electron chi connectivity index (χ4n) is 2.50. The molecule has 3 aromatic rings. The average molecular weight is 399 g/mol. The number of nitrogens with zero attached hydrogens (tertiary/aromatic N) is 3. The lowest BCUT2D eigenvalue weighted by Gasteiger charge is -2.09. The molecule has 9 heteroatoms. The Bertz CT molecular complexity index is 1130. The van der Waals surface area contributed by atoms with Gasteiger partial charge in [-0.2, -0.15) is 5.10 Å². The van der Waals surface area contributed by atoms with Crippen LogP contribution in [-0.2, 0) is 11.3 Å². The van der Waals surface area contributed by atoms with E-state index < -0.39 is 16.4 Å². The van der Waals surface area contributed by atoms with Crippen LogP contribution in [0.5, 0.6) is 0 Å². The Morgan fingerprint density at radius 2 is 2.00 bits per heavy atom. The standard InChI is InChI=1S/C19H15ClN4O4/c1-12-5-6-14(10-16(12)20)21-18(25)11-23-19(26)8-7-17(22-23)13-3-2-4-15(9-13)24(27)28/h2-10H,11H2,1H3,(H,21,25). The van der Waals surface area contributed by atoms with E-state index in [2.05, 4.69) is 10.4 Å². The van der Waals surface area contributed by atoms with Gasteiger partial charge in [-0.3, -0.25) is 19.7 Å². The highest BCUT2D eigenvalue weighted by molar-refractivity contribution is 6.31. The van der Waals surface area contributed by atoms with Gasteiger partial charge in [0.15, 0.2) is 0 Å². The summed E-state index contributed by atoms with van der Waals surface area (Å²) in [5, 5.41) is 18.3. The number of non-ortho nitro benzene ring substituents is 1. The number of rotatable bonds is 5. The van der Waals surface area contributed by atoms with Crippen LogP contribution in [0.25, 0.3) is 11.3 Å². The predicted molar refractivity (Wildman–Crippen MR) is 105 cm³/mol. The van der Waals surface area contributed by atoms with Gasteiger partial charge in [-0.15, -0.1) is 0 Å². The van der Waals surface area contributed by atoms with Crippen molar-refractivity contribution in [3.05, 3.63) is 85.7 Å². The first-order chi connectivity index (χ1) is 13.3. The van der Waals surface area contributed by atoms with Gasteiger partial charge in [0.05, 0.1) is 10.6 Å². The maximum Gasteiger partial charge on any atom is 0.270 e. The van der Waals surface area contributed by atoms with Gasteiger partial charge in [0.1, 0.15) is 6.54 Å². The Balaban J connectivity index is 1.82. The molecule has 1 heterocycles. The van der Waals surface area contributed by atoms with Crippen LogP contribution in [0, 0.1) is 17.0 Å². The second-order valence-corrected chi connectivity index (χ2v) is 6.44. The number of nitrogens with one attached hydrogen (secondary N) is 1. The van der Waals surface area contributed by atoms with E-state index in [1.165, 1.54) is 30.3 Å². The van der Waals surface area contributed by atoms with Crippen LogP contribution in [0.4, 0.5) is 11.4 Å². The van der Waals surface area contributed by atoms with Crippen molar-refractivity contribution in [1.29, 1.82) is 0 Å². The smallest absolute Gasteiger partial charge is 0.270 e. The summed E-state index contributed by atoms with van der Waals surface area (Å²) in [5.74, 6) is -0.453. The number of halogens is 1. The summed E-state index contributed by atoms with van der Waals surface area (Å²) in [4.78, 5) is 34.8. The molecule has 0 aliphatic carbocycles. The number of amides is 1. The number of benzene rings is 2. The average Bonchev–Trinajstić information content (AvgIpc) is 2.66. The van der Waals surface area contributed by atoms with Crippen LogP contribution < -0.4 is 10.9 Å². The third-order valence-electron chi connectivity index (χ3n) is 3.97. The van der Waals surface area contributed by atoms with Gasteiger partial charge in [-0.1, -0.05) is 29.8 Å². The van der Waals surface area contributed by atoms with Crippen LogP contribution in [-0.4, -0.2) is 20.6 Å². The highest BCUT2D eigenvalue weighted by Gasteiger charge is 2.11. The highest BCUT2D eigenvalue weighted by atomic mass is 35.5. The summed E-state index contributed by atoms with van der Waals surface area (Å²) in [6.45, 7) is 1.53. The van der Waals surface area contributed by atoms with Crippen LogP contribution in [0.3, 0.4) is 0 Å². The molecule has 0 unspecified atom stereocenters. The van der Waals surface area contributed by atoms with Crippen molar-refractivity contribution < 1.29 is 9.72 Å². The van der Waals surface area contributed by atoms with Gasteiger partial charge in [-0.05, 0) is 30.7 Å². The Kier molecular flexibility index (Phi) is 5.51. The van der Waals surface area contributed by atoms with Crippen molar-refractivity contribution >= 4 is 28.9 Å². The molecular weight excluding hydrogens is 384 g/mol. The van der Waals surface area contributed by atoms with Gasteiger partial charge in [0.25, 0.3) is 11.2 Å². The molecule has 3 rings (SSSR count). The van der Waals surface area contributed by atoms with Crippen molar-refractivity contribution in [2.24, 2.45) is 0 Å². The number of anilines is 1. The largest absolute Gasteiger partial charge is 0.324 e. The van der Waals surface area contributed by atoms with Crippen LogP contribution in [0.1, 0.15) is 5.56 Å². The lowest BCUT2D eigenvalue weighted by Crippen LogP contribution is -2.29. The van der Waals surface area contributed by atoms with E-state index in [4.69, 9.17) is 11.6 Å². The van der Waals surface area contributed by atoms with Crippen molar-refractivity contribution in [3.8, 4) is 11.3 Å². The number of nitro groups is 1. The molecular formula is C19H15ClN4O4. The van der Waals surface area contributed by atoms with E-state index >= 15 is 0 Å². The van der Waals surface area contributed by atoms with E-state index in [-0.39, 0.29) is 12.2 Å². The van der Waals surface area contributed by atoms with Crippen LogP contribution >= 0.6 is 11.6 Å². The van der Waals surface area contributed by atoms with Gasteiger partial charge in [0.2, 0.25) is 5.91 Å². The maximum absolute atomic E-state index is 12.3. The summed E-state index contributed by atoms with van der Waals surface area (Å²) in [7, 11) is 0. The zero-order valence-corrected chi connectivity index (χ0v) is 15.5. The predicted octanol–water partition coefficient (Wildman–Crippen LogP) is 3.42. The molecule has 0 spiro atoms. The fraction of sp³-hybridized carbons (Fsp3) is 0.105. The second kappa shape index (κ2) is 8.01. The van der Waals surface area contributed by atoms with Crippen LogP contribution in [0.15, 0.2) is 59.4 Å². The number of aromatic nitrogens is 2. The van der Waals surface area contributed by atoms with Crippen LogP contribution in [0.2, 0.25) is 5.02 Å². The van der Waals surface area contributed by atoms with Gasteiger partial charge < -0.3 is 5.32 Å². The molecule has 0 saturated heterocycles. The minimum atomic E-state index is -0.514. The molecule has 0 bridgehead atoms. The second-order valence-electron chi connectivity index (χ2n) is 6.03. The zero-order valence-electron chi connectivity index (χ0n) is 14.8. The summed E-state index contributed by atoms with van der Waals surface area (Å²) >= 11 is 6.04. The topological polar surface area (TPSA) is 107 Å². The van der Waals surface area contributed by atoms with Crippen molar-refractivity contribution in [1.82, 2.24) is 9.78 Å². The summed E-state index contributed by atoms with van der Waals surface area (Å²) in [5.41, 5.74) is 1.63. The first kappa shape index (κ1) is 19.2. The summed E-state index contributed by atoms with van der Waals surface area (Å²) in [6, 6.07) is 13.7. The SMILES string of the molecule is Cc1ccc(NC(=O)Cn2nc(-c3cccc([N+](=O)[O-])c3)ccc2=O)cc1Cl. The van der Waals surface area contributed by atoms with Crippen molar-refractivity contribution in [3.63, 3.8) is 0 Å². The third kappa shape index (κ3) is 4.41. The Labute approximate surface area is 164 Å². The molecule has 2 aromatic carbocycles. The van der Waals surface area contributed by atoms with E-state index in [0.29, 0.717) is 22.0 Å². The van der Waals surface area contributed by atoms with Crippen molar-refractivity contribution in [2.75, 3.05) is 5.32 Å². The molecule has 142 valence electrons. The van der Waals surface area contributed by atoms with Crippen molar-refractivity contribution in [2.45, 2.75) is 13.5 Å². The fourth-order valence-corrected chi connectivity index (χ4v) is 2.68. The van der Waals surface area contributed by atoms with E-state index in [0.717, 1.165) is 10.2 Å². The maximum atomic E-state index is 12.3. The molecule has 1 N–H and O–H groups in total. The molecule has 0 atom stereocenters. The third-order valence-corrected chi connectivity index (χ3v) is 4.38. The molecule has 0 fully saturated rings. The van der Waals surface area contributed by atoms with Gasteiger partial charge >= 0.3 is 0 Å². The number of carbonyl (C=O) groups is 1. The van der Waals surface area contributed by atoms with Gasteiger partial charge in [-0.25, -0.2) is 4.68 Å². The van der Waals surface area contributed by atoms with Gasteiger partial charge in [0, 0.05) is 34.5 Å². The quantitative estimate of drug-likeness (QED) is 0.523. The molecule has 0 saturated carbocycles. The lowest BCUT2D eigenvalue weighted by molar-refractivity contribution is -0.384. The minimum absolute atomic E-state index is 0.0916. The summed E-state index contributed by atoms with van der Waals surface area (Å²) in [6.07, 6.45) is 0. The normalized spacial score (nSPS) is 10.5. The Morgan fingerprint density at radius 3 is 2.71 bits per heavy atom. The lowest BCUT2D eigenvalue weighted by atomic mass is 10.1. The first-order valence-electron chi connectivity index (χ1n) is 8.22. The zero-order chi connectivity index (χ0) is 20.3. The van der Waals surface area contributed by atoms with E-state index in [1.807, 2.05) is 6.92 Å². The minimum Gasteiger partial charge on any atom is -0.324 e. The molecule has 0 aliphatic heterocycles. The molecule has 1 aromatic heterocycles. The molecule has 1 amide bonds. The number of hydrogen-bond acceptors (Lipinski definition) is 5. The number of aryl methyl sites for hydroxylation is 1. The Morgan fingerprint density at radius 1 is 1.21 bits per heavy atom. The molecule has 28 heavy (non-hydrogen) atoms. The van der Waals surface area contributed by atoms with E-state index in [1.54, 1.807) is 24.3 Å². The molecule has 8 nitrogen and oxygen atoms in total. The number of hydrogen-bond donors (Lipinski definition) is 1. The Hall–Kier alpha value is -3.52. The first-order valence-corrected chi connectivity index (χ1v) is 8.60. The van der Waals surface area contributed by atoms with E-state index in [9.17, 15) is 19.7 Å².